The van der Waals surface area contributed by atoms with Crippen molar-refractivity contribution >= 4 is 17.7 Å². The standard InChI is InChI=1S/C33H37FN2O4/c1-23-21-40-33(38)36(23)32(37)30(16-10-13-26-17-19-28(34)20-18-26)31(35-29-14-8-5-9-15-29)24(2)25(3)39-22-27-11-6-4-7-12-27/h4-9,11-12,14-15,17-20,23,30-31,35H,10,13,16,21-22H2,1-3H3/b25-24-. The minimum atomic E-state index is -0.613. The van der Waals surface area contributed by atoms with E-state index in [1.165, 1.54) is 17.0 Å². The molecular weight excluding hydrogens is 507 g/mol. The van der Waals surface area contributed by atoms with Gasteiger partial charge in [0.1, 0.15) is 19.0 Å². The van der Waals surface area contributed by atoms with Gasteiger partial charge in [0.25, 0.3) is 0 Å². The number of halogens is 1. The first-order chi connectivity index (χ1) is 19.3. The Morgan fingerprint density at radius 3 is 2.27 bits per heavy atom. The van der Waals surface area contributed by atoms with Crippen molar-refractivity contribution < 1.29 is 23.5 Å². The Morgan fingerprint density at radius 1 is 1.00 bits per heavy atom. The molecule has 1 aliphatic rings. The van der Waals surface area contributed by atoms with Crippen LogP contribution in [0, 0.1) is 11.7 Å². The fraction of sp³-hybridized carbons (Fsp3) is 0.333. The van der Waals surface area contributed by atoms with E-state index >= 15 is 0 Å². The summed E-state index contributed by atoms with van der Waals surface area (Å²) in [5.41, 5.74) is 3.77. The lowest BCUT2D eigenvalue weighted by atomic mass is 9.86. The molecule has 1 saturated heterocycles. The molecule has 1 N–H and O–H groups in total. The summed E-state index contributed by atoms with van der Waals surface area (Å²) in [4.78, 5) is 27.9. The third-order valence-electron chi connectivity index (χ3n) is 7.35. The zero-order valence-electron chi connectivity index (χ0n) is 23.3. The molecular formula is C33H37FN2O4. The number of cyclic esters (lactones) is 1. The highest BCUT2D eigenvalue weighted by atomic mass is 19.1. The number of carbonyl (C=O) groups excluding carboxylic acids is 2. The maximum Gasteiger partial charge on any atom is 0.416 e. The van der Waals surface area contributed by atoms with Crippen molar-refractivity contribution in [2.75, 3.05) is 11.9 Å². The Labute approximate surface area is 235 Å². The fourth-order valence-corrected chi connectivity index (χ4v) is 4.93. The molecule has 4 rings (SSSR count). The van der Waals surface area contributed by atoms with Gasteiger partial charge in [-0.05, 0) is 81.0 Å². The smallest absolute Gasteiger partial charge is 0.416 e. The second kappa shape index (κ2) is 13.8. The number of benzene rings is 3. The predicted molar refractivity (Wildman–Crippen MR) is 154 cm³/mol. The van der Waals surface area contributed by atoms with Crippen LogP contribution in [0.5, 0.6) is 0 Å². The van der Waals surface area contributed by atoms with Crippen molar-refractivity contribution in [2.24, 2.45) is 5.92 Å². The average Bonchev–Trinajstić information content (AvgIpc) is 3.31. The largest absolute Gasteiger partial charge is 0.494 e. The van der Waals surface area contributed by atoms with Crippen LogP contribution in [-0.4, -0.2) is 35.6 Å². The lowest BCUT2D eigenvalue weighted by molar-refractivity contribution is -0.133. The first-order valence-electron chi connectivity index (χ1n) is 13.7. The maximum atomic E-state index is 14.1. The number of allylic oxidation sites excluding steroid dienone is 1. The monoisotopic (exact) mass is 544 g/mol. The van der Waals surface area contributed by atoms with Gasteiger partial charge in [-0.1, -0.05) is 60.7 Å². The Balaban J connectivity index is 1.64. The number of carbonyl (C=O) groups is 2. The zero-order chi connectivity index (χ0) is 28.5. The van der Waals surface area contributed by atoms with E-state index in [9.17, 15) is 14.0 Å². The van der Waals surface area contributed by atoms with Gasteiger partial charge in [-0.25, -0.2) is 14.1 Å². The molecule has 1 heterocycles. The van der Waals surface area contributed by atoms with Crippen LogP contribution in [-0.2, 0) is 27.3 Å². The molecule has 0 radical (unpaired) electrons. The van der Waals surface area contributed by atoms with Crippen LogP contribution in [0.4, 0.5) is 14.9 Å². The molecule has 0 spiro atoms. The molecule has 3 aromatic rings. The van der Waals surface area contributed by atoms with Gasteiger partial charge in [-0.15, -0.1) is 0 Å². The Hall–Kier alpha value is -4.13. The quantitative estimate of drug-likeness (QED) is 0.246. The van der Waals surface area contributed by atoms with E-state index < -0.39 is 18.1 Å². The third-order valence-corrected chi connectivity index (χ3v) is 7.35. The van der Waals surface area contributed by atoms with Crippen molar-refractivity contribution in [2.45, 2.75) is 58.7 Å². The number of para-hydroxylation sites is 1. The van der Waals surface area contributed by atoms with Gasteiger partial charge >= 0.3 is 6.09 Å². The van der Waals surface area contributed by atoms with Gasteiger partial charge in [-0.3, -0.25) is 4.79 Å². The van der Waals surface area contributed by atoms with Crippen molar-refractivity contribution in [3.05, 3.63) is 113 Å². The highest BCUT2D eigenvalue weighted by Crippen LogP contribution is 2.30. The summed E-state index contributed by atoms with van der Waals surface area (Å²) in [6, 6.07) is 25.2. The van der Waals surface area contributed by atoms with Gasteiger partial charge in [0, 0.05) is 5.69 Å². The number of ether oxygens (including phenoxy) is 2. The molecule has 1 fully saturated rings. The predicted octanol–water partition coefficient (Wildman–Crippen LogP) is 7.12. The van der Waals surface area contributed by atoms with E-state index in [4.69, 9.17) is 9.47 Å². The first-order valence-corrected chi connectivity index (χ1v) is 13.7. The number of anilines is 1. The van der Waals surface area contributed by atoms with E-state index in [0.29, 0.717) is 31.6 Å². The molecule has 3 atom stereocenters. The SMILES string of the molecule is C/C(OCc1ccccc1)=C(\C)C(Nc1ccccc1)C(CCCc1ccc(F)cc1)C(=O)N1C(=O)OCC1C. The van der Waals surface area contributed by atoms with Crippen LogP contribution in [0.25, 0.3) is 0 Å². The number of rotatable bonds is 12. The van der Waals surface area contributed by atoms with E-state index in [0.717, 1.165) is 22.4 Å². The number of hydrogen-bond acceptors (Lipinski definition) is 5. The summed E-state index contributed by atoms with van der Waals surface area (Å²) in [5.74, 6) is -0.426. The Bertz CT molecular complexity index is 1300. The van der Waals surface area contributed by atoms with Crippen LogP contribution in [0.1, 0.15) is 44.7 Å². The van der Waals surface area contributed by atoms with Gasteiger partial charge in [0.15, 0.2) is 0 Å². The fourth-order valence-electron chi connectivity index (χ4n) is 4.93. The van der Waals surface area contributed by atoms with Gasteiger partial charge < -0.3 is 14.8 Å². The molecule has 3 unspecified atom stereocenters. The zero-order valence-corrected chi connectivity index (χ0v) is 23.3. The van der Waals surface area contributed by atoms with Gasteiger partial charge in [-0.2, -0.15) is 0 Å². The minimum absolute atomic E-state index is 0.178. The van der Waals surface area contributed by atoms with Crippen LogP contribution >= 0.6 is 0 Å². The van der Waals surface area contributed by atoms with Gasteiger partial charge in [0.05, 0.1) is 23.8 Å². The lowest BCUT2D eigenvalue weighted by Crippen LogP contribution is -2.47. The molecule has 3 aromatic carbocycles. The summed E-state index contributed by atoms with van der Waals surface area (Å²) in [6.45, 7) is 6.27. The molecule has 0 aliphatic carbocycles. The molecule has 210 valence electrons. The second-order valence-corrected chi connectivity index (χ2v) is 10.3. The Kier molecular flexibility index (Phi) is 9.95. The number of aryl methyl sites for hydroxylation is 1. The molecule has 1 aliphatic heterocycles. The molecule has 40 heavy (non-hydrogen) atoms. The normalized spacial score (nSPS) is 17.1. The third kappa shape index (κ3) is 7.50. The summed E-state index contributed by atoms with van der Waals surface area (Å²) in [6.07, 6.45) is 1.23. The number of nitrogens with zero attached hydrogens (tertiary/aromatic N) is 1. The van der Waals surface area contributed by atoms with Crippen molar-refractivity contribution in [1.29, 1.82) is 0 Å². The van der Waals surface area contributed by atoms with E-state index in [1.807, 2.05) is 81.4 Å². The first kappa shape index (κ1) is 28.9. The molecule has 6 nitrogen and oxygen atoms in total. The van der Waals surface area contributed by atoms with Gasteiger partial charge in [0.2, 0.25) is 5.91 Å². The van der Waals surface area contributed by atoms with Crippen LogP contribution in [0.15, 0.2) is 96.3 Å². The number of hydrogen-bond donors (Lipinski definition) is 1. The molecule has 0 bridgehead atoms. The summed E-state index contributed by atoms with van der Waals surface area (Å²) in [5, 5.41) is 3.56. The summed E-state index contributed by atoms with van der Waals surface area (Å²) < 4.78 is 24.8. The van der Waals surface area contributed by atoms with Crippen molar-refractivity contribution in [1.82, 2.24) is 4.90 Å². The van der Waals surface area contributed by atoms with Crippen LogP contribution in [0.3, 0.4) is 0 Å². The van der Waals surface area contributed by atoms with E-state index in [2.05, 4.69) is 5.32 Å². The number of imide groups is 1. The molecule has 7 heteroatoms. The van der Waals surface area contributed by atoms with E-state index in [-0.39, 0.29) is 24.4 Å². The van der Waals surface area contributed by atoms with Crippen molar-refractivity contribution in [3.63, 3.8) is 0 Å². The second-order valence-electron chi connectivity index (χ2n) is 10.3. The minimum Gasteiger partial charge on any atom is -0.494 e. The summed E-state index contributed by atoms with van der Waals surface area (Å²) in [7, 11) is 0. The highest BCUT2D eigenvalue weighted by Gasteiger charge is 2.41. The van der Waals surface area contributed by atoms with E-state index in [1.54, 1.807) is 12.1 Å². The highest BCUT2D eigenvalue weighted by molar-refractivity contribution is 5.95. The molecule has 0 aromatic heterocycles. The number of nitrogens with one attached hydrogen (secondary N) is 1. The Morgan fingerprint density at radius 2 is 1.65 bits per heavy atom. The maximum absolute atomic E-state index is 14.1. The van der Waals surface area contributed by atoms with Crippen LogP contribution in [0.2, 0.25) is 0 Å². The topological polar surface area (TPSA) is 67.9 Å². The number of amides is 2. The average molecular weight is 545 g/mol. The molecule has 2 amide bonds. The molecule has 0 saturated carbocycles. The van der Waals surface area contributed by atoms with Crippen molar-refractivity contribution in [3.8, 4) is 0 Å². The lowest BCUT2D eigenvalue weighted by Gasteiger charge is -2.32. The summed E-state index contributed by atoms with van der Waals surface area (Å²) >= 11 is 0. The van der Waals surface area contributed by atoms with Crippen LogP contribution < -0.4 is 5.32 Å².